The second kappa shape index (κ2) is 8.73. The van der Waals surface area contributed by atoms with E-state index in [-0.39, 0.29) is 6.10 Å². The smallest absolute Gasteiger partial charge is 0.131 e. The molecule has 1 unspecified atom stereocenters. The monoisotopic (exact) mass is 396 g/mol. The molecule has 0 bridgehead atoms. The lowest BCUT2D eigenvalue weighted by Crippen LogP contribution is -2.37. The lowest BCUT2D eigenvalue weighted by atomic mass is 10.1. The van der Waals surface area contributed by atoms with E-state index in [1.54, 1.807) is 25.6 Å². The number of hydrogen-bond donors (Lipinski definition) is 0. The van der Waals surface area contributed by atoms with Crippen LogP contribution < -0.4 is 9.47 Å². The van der Waals surface area contributed by atoms with E-state index < -0.39 is 0 Å². The number of hydrogen-bond acceptors (Lipinski definition) is 6. The molecule has 2 aromatic carbocycles. The Balaban J connectivity index is 1.49. The van der Waals surface area contributed by atoms with Crippen LogP contribution in [-0.4, -0.2) is 43.8 Å². The van der Waals surface area contributed by atoms with Gasteiger partial charge in [-0.15, -0.1) is 11.3 Å². The zero-order valence-corrected chi connectivity index (χ0v) is 16.9. The summed E-state index contributed by atoms with van der Waals surface area (Å²) in [6.45, 7) is 3.45. The number of nitrogens with zero attached hydrogens (tertiary/aromatic N) is 2. The van der Waals surface area contributed by atoms with Gasteiger partial charge in [0.25, 0.3) is 0 Å². The molecule has 0 aliphatic carbocycles. The fraction of sp³-hybridized carbons (Fsp3) is 0.318. The summed E-state index contributed by atoms with van der Waals surface area (Å²) in [5, 5.41) is 3.07. The number of ether oxygens (including phenoxy) is 3. The quantitative estimate of drug-likeness (QED) is 0.618. The molecular weight excluding hydrogens is 372 g/mol. The summed E-state index contributed by atoms with van der Waals surface area (Å²) in [6.07, 6.45) is 0.000422. The number of aromatic nitrogens is 1. The summed E-state index contributed by atoms with van der Waals surface area (Å²) in [5.74, 6) is 1.52. The number of benzene rings is 2. The van der Waals surface area contributed by atoms with Crippen LogP contribution in [-0.2, 0) is 11.3 Å². The van der Waals surface area contributed by atoms with Gasteiger partial charge in [-0.1, -0.05) is 30.3 Å². The number of methoxy groups -OCH3 is 2. The zero-order chi connectivity index (χ0) is 19.3. The molecule has 0 N–H and O–H groups in total. The Hall–Kier alpha value is -2.41. The van der Waals surface area contributed by atoms with Crippen molar-refractivity contribution in [3.8, 4) is 22.8 Å². The minimum absolute atomic E-state index is 0.000422. The van der Waals surface area contributed by atoms with Crippen molar-refractivity contribution in [3.05, 3.63) is 64.5 Å². The minimum Gasteiger partial charge on any atom is -0.497 e. The van der Waals surface area contributed by atoms with Gasteiger partial charge in [0.05, 0.1) is 26.5 Å². The van der Waals surface area contributed by atoms with Crippen molar-refractivity contribution in [2.75, 3.05) is 33.9 Å². The SMILES string of the molecule is COc1ccc(-c2csc(C3CN(Cc4ccccc4)CCO3)n2)c(OC)c1. The van der Waals surface area contributed by atoms with E-state index >= 15 is 0 Å². The Labute approximate surface area is 169 Å². The average Bonchev–Trinajstić information content (AvgIpc) is 3.24. The fourth-order valence-corrected chi connectivity index (χ4v) is 4.26. The van der Waals surface area contributed by atoms with Crippen LogP contribution in [0.25, 0.3) is 11.3 Å². The van der Waals surface area contributed by atoms with Crippen LogP contribution in [0, 0.1) is 0 Å². The van der Waals surface area contributed by atoms with Gasteiger partial charge in [0.1, 0.15) is 22.6 Å². The second-order valence-corrected chi connectivity index (χ2v) is 7.61. The maximum atomic E-state index is 6.03. The predicted octanol–water partition coefficient (Wildman–Crippen LogP) is 4.40. The molecule has 1 aromatic heterocycles. The fourth-order valence-electron chi connectivity index (χ4n) is 3.41. The molecule has 0 amide bonds. The van der Waals surface area contributed by atoms with E-state index in [0.717, 1.165) is 54.0 Å². The average molecular weight is 397 g/mol. The highest BCUT2D eigenvalue weighted by atomic mass is 32.1. The van der Waals surface area contributed by atoms with Gasteiger partial charge in [-0.05, 0) is 17.7 Å². The molecule has 1 fully saturated rings. The summed E-state index contributed by atoms with van der Waals surface area (Å²) in [7, 11) is 3.31. The highest BCUT2D eigenvalue weighted by Gasteiger charge is 2.25. The van der Waals surface area contributed by atoms with Crippen LogP contribution in [0.1, 0.15) is 16.7 Å². The van der Waals surface area contributed by atoms with E-state index in [9.17, 15) is 0 Å². The van der Waals surface area contributed by atoms with E-state index in [0.29, 0.717) is 0 Å². The van der Waals surface area contributed by atoms with E-state index in [1.165, 1.54) is 5.56 Å². The van der Waals surface area contributed by atoms with Gasteiger partial charge in [0.15, 0.2) is 0 Å². The Morgan fingerprint density at radius 1 is 1.14 bits per heavy atom. The third-order valence-electron chi connectivity index (χ3n) is 4.88. The van der Waals surface area contributed by atoms with Gasteiger partial charge >= 0.3 is 0 Å². The molecule has 28 heavy (non-hydrogen) atoms. The zero-order valence-electron chi connectivity index (χ0n) is 16.1. The van der Waals surface area contributed by atoms with Gasteiger partial charge in [-0.2, -0.15) is 0 Å². The molecule has 6 heteroatoms. The summed E-state index contributed by atoms with van der Waals surface area (Å²) in [5.41, 5.74) is 3.19. The molecule has 3 aromatic rings. The third kappa shape index (κ3) is 4.19. The van der Waals surface area contributed by atoms with Crippen molar-refractivity contribution in [2.45, 2.75) is 12.6 Å². The van der Waals surface area contributed by atoms with Crippen molar-refractivity contribution in [1.82, 2.24) is 9.88 Å². The van der Waals surface area contributed by atoms with E-state index in [2.05, 4.69) is 40.6 Å². The Morgan fingerprint density at radius 3 is 2.79 bits per heavy atom. The topological polar surface area (TPSA) is 43.8 Å². The molecule has 4 rings (SSSR count). The largest absolute Gasteiger partial charge is 0.497 e. The standard InChI is InChI=1S/C22H24N2O3S/c1-25-17-8-9-18(20(12-17)26-2)19-15-28-22(23-19)21-14-24(10-11-27-21)13-16-6-4-3-5-7-16/h3-9,12,15,21H,10-11,13-14H2,1-2H3. The lowest BCUT2D eigenvalue weighted by molar-refractivity contribution is -0.0329. The maximum Gasteiger partial charge on any atom is 0.131 e. The number of morpholine rings is 1. The molecule has 1 saturated heterocycles. The van der Waals surface area contributed by atoms with Crippen molar-refractivity contribution in [3.63, 3.8) is 0 Å². The first-order valence-corrected chi connectivity index (χ1v) is 10.2. The van der Waals surface area contributed by atoms with Crippen LogP contribution in [0.15, 0.2) is 53.9 Å². The second-order valence-electron chi connectivity index (χ2n) is 6.72. The van der Waals surface area contributed by atoms with Gasteiger partial charge in [-0.25, -0.2) is 4.98 Å². The summed E-state index contributed by atoms with van der Waals surface area (Å²) in [4.78, 5) is 7.28. The minimum atomic E-state index is 0.000422. The molecule has 0 spiro atoms. The molecule has 0 radical (unpaired) electrons. The van der Waals surface area contributed by atoms with Crippen molar-refractivity contribution in [1.29, 1.82) is 0 Å². The number of rotatable bonds is 6. The molecule has 146 valence electrons. The maximum absolute atomic E-state index is 6.03. The van der Waals surface area contributed by atoms with Gasteiger partial charge in [-0.3, -0.25) is 4.90 Å². The van der Waals surface area contributed by atoms with Crippen molar-refractivity contribution < 1.29 is 14.2 Å². The molecule has 1 atom stereocenters. The highest BCUT2D eigenvalue weighted by molar-refractivity contribution is 7.10. The van der Waals surface area contributed by atoms with Crippen LogP contribution in [0.3, 0.4) is 0 Å². The Bertz CT molecular complexity index is 913. The first-order valence-electron chi connectivity index (χ1n) is 9.32. The van der Waals surface area contributed by atoms with Gasteiger partial charge < -0.3 is 14.2 Å². The normalized spacial score (nSPS) is 17.4. The summed E-state index contributed by atoms with van der Waals surface area (Å²) >= 11 is 1.64. The van der Waals surface area contributed by atoms with Crippen molar-refractivity contribution in [2.24, 2.45) is 0 Å². The third-order valence-corrected chi connectivity index (χ3v) is 5.82. The Morgan fingerprint density at radius 2 is 2.00 bits per heavy atom. The Kier molecular flexibility index (Phi) is 5.90. The lowest BCUT2D eigenvalue weighted by Gasteiger charge is -2.32. The summed E-state index contributed by atoms with van der Waals surface area (Å²) in [6, 6.07) is 16.4. The molecule has 2 heterocycles. The van der Waals surface area contributed by atoms with E-state index in [4.69, 9.17) is 19.2 Å². The van der Waals surface area contributed by atoms with Crippen LogP contribution in [0.2, 0.25) is 0 Å². The molecular formula is C22H24N2O3S. The van der Waals surface area contributed by atoms with Crippen LogP contribution >= 0.6 is 11.3 Å². The molecule has 5 nitrogen and oxygen atoms in total. The van der Waals surface area contributed by atoms with Gasteiger partial charge in [0, 0.05) is 36.6 Å². The molecule has 1 aliphatic heterocycles. The first kappa shape index (κ1) is 18.9. The predicted molar refractivity (Wildman–Crippen MR) is 111 cm³/mol. The number of thiazole rings is 1. The summed E-state index contributed by atoms with van der Waals surface area (Å²) < 4.78 is 16.8. The molecule has 0 saturated carbocycles. The van der Waals surface area contributed by atoms with Crippen LogP contribution in [0.5, 0.6) is 11.5 Å². The van der Waals surface area contributed by atoms with Gasteiger partial charge in [0.2, 0.25) is 0 Å². The van der Waals surface area contributed by atoms with Crippen molar-refractivity contribution >= 4 is 11.3 Å². The van der Waals surface area contributed by atoms with Crippen LogP contribution in [0.4, 0.5) is 0 Å². The molecule has 1 aliphatic rings. The van der Waals surface area contributed by atoms with E-state index in [1.807, 2.05) is 18.2 Å². The highest BCUT2D eigenvalue weighted by Crippen LogP contribution is 2.36. The first-order chi connectivity index (χ1) is 13.8.